The van der Waals surface area contributed by atoms with Gasteiger partial charge in [-0.3, -0.25) is 15.0 Å². The second-order valence-corrected chi connectivity index (χ2v) is 5.69. The number of hydrogen-bond acceptors (Lipinski definition) is 4. The lowest BCUT2D eigenvalue weighted by molar-refractivity contribution is -0.385. The third-order valence-corrected chi connectivity index (χ3v) is 4.26. The Kier molecular flexibility index (Phi) is 4.73. The van der Waals surface area contributed by atoms with Crippen LogP contribution in [0.4, 0.5) is 5.69 Å². The molecule has 1 fully saturated rings. The molecule has 20 heavy (non-hydrogen) atoms. The maximum atomic E-state index is 10.9. The first kappa shape index (κ1) is 14.9. The number of likely N-dealkylation sites (tertiary alicyclic amines) is 1. The van der Waals surface area contributed by atoms with E-state index in [0.29, 0.717) is 6.04 Å². The van der Waals surface area contributed by atoms with E-state index in [4.69, 9.17) is 5.73 Å². The molecule has 1 heterocycles. The van der Waals surface area contributed by atoms with Crippen LogP contribution >= 0.6 is 0 Å². The number of nitrogens with zero attached hydrogens (tertiary/aromatic N) is 2. The number of nitrogens with two attached hydrogens (primary N) is 1. The topological polar surface area (TPSA) is 72.4 Å². The predicted molar refractivity (Wildman–Crippen MR) is 79.5 cm³/mol. The van der Waals surface area contributed by atoms with Crippen LogP contribution in [0.15, 0.2) is 24.3 Å². The first-order valence-corrected chi connectivity index (χ1v) is 7.26. The lowest BCUT2D eigenvalue weighted by Gasteiger charge is -2.42. The Hall–Kier alpha value is -1.46. The lowest BCUT2D eigenvalue weighted by atomic mass is 9.93. The summed E-state index contributed by atoms with van der Waals surface area (Å²) in [7, 11) is 0. The highest BCUT2D eigenvalue weighted by Gasteiger charge is 2.29. The van der Waals surface area contributed by atoms with Crippen LogP contribution in [-0.4, -0.2) is 28.5 Å². The molecular formula is C15H23N3O2. The third-order valence-electron chi connectivity index (χ3n) is 4.26. The molecular weight excluding hydrogens is 254 g/mol. The van der Waals surface area contributed by atoms with E-state index in [1.165, 1.54) is 18.9 Å². The summed E-state index contributed by atoms with van der Waals surface area (Å²) < 4.78 is 0. The number of piperidine rings is 1. The molecule has 2 N–H and O–H groups in total. The van der Waals surface area contributed by atoms with Gasteiger partial charge in [0.05, 0.1) is 4.92 Å². The number of hydrogen-bond donors (Lipinski definition) is 1. The van der Waals surface area contributed by atoms with Crippen molar-refractivity contribution in [2.24, 2.45) is 5.73 Å². The fourth-order valence-corrected chi connectivity index (χ4v) is 3.11. The Labute approximate surface area is 119 Å². The zero-order valence-electron chi connectivity index (χ0n) is 12.2. The van der Waals surface area contributed by atoms with Gasteiger partial charge in [-0.2, -0.15) is 0 Å². The quantitative estimate of drug-likeness (QED) is 0.678. The highest BCUT2D eigenvalue weighted by atomic mass is 16.6. The van der Waals surface area contributed by atoms with Crippen molar-refractivity contribution in [1.29, 1.82) is 0 Å². The van der Waals surface area contributed by atoms with Crippen molar-refractivity contribution in [3.8, 4) is 0 Å². The number of benzene rings is 1. The van der Waals surface area contributed by atoms with E-state index in [0.717, 1.165) is 18.5 Å². The van der Waals surface area contributed by atoms with Crippen molar-refractivity contribution in [3.05, 3.63) is 39.9 Å². The average molecular weight is 277 g/mol. The molecule has 3 atom stereocenters. The minimum Gasteiger partial charge on any atom is -0.327 e. The van der Waals surface area contributed by atoms with Crippen LogP contribution < -0.4 is 5.73 Å². The van der Waals surface area contributed by atoms with E-state index in [9.17, 15) is 10.1 Å². The van der Waals surface area contributed by atoms with E-state index in [1.54, 1.807) is 12.1 Å². The van der Waals surface area contributed by atoms with Gasteiger partial charge in [0.15, 0.2) is 0 Å². The Morgan fingerprint density at radius 2 is 2.15 bits per heavy atom. The van der Waals surface area contributed by atoms with E-state index >= 15 is 0 Å². The van der Waals surface area contributed by atoms with E-state index < -0.39 is 0 Å². The maximum Gasteiger partial charge on any atom is 0.269 e. The Balaban J connectivity index is 2.22. The maximum absolute atomic E-state index is 10.9. The molecule has 1 saturated heterocycles. The van der Waals surface area contributed by atoms with Gasteiger partial charge in [0.1, 0.15) is 0 Å². The fourth-order valence-electron chi connectivity index (χ4n) is 3.11. The normalized spacial score (nSPS) is 23.2. The molecule has 0 radical (unpaired) electrons. The summed E-state index contributed by atoms with van der Waals surface area (Å²) in [5.41, 5.74) is 7.25. The van der Waals surface area contributed by atoms with E-state index in [2.05, 4.69) is 11.8 Å². The molecule has 0 aromatic heterocycles. The molecule has 110 valence electrons. The van der Waals surface area contributed by atoms with Crippen molar-refractivity contribution in [2.75, 3.05) is 6.54 Å². The standard InChI is InChI=1S/C15H23N3O2/c1-11(16)15-8-3-4-9-17(15)12(2)13-6-5-7-14(10-13)18(19)20/h5-7,10-12,15H,3-4,8-9,16H2,1-2H3. The minimum absolute atomic E-state index is 0.122. The van der Waals surface area contributed by atoms with Gasteiger partial charge < -0.3 is 5.73 Å². The summed E-state index contributed by atoms with van der Waals surface area (Å²) in [5.74, 6) is 0. The van der Waals surface area contributed by atoms with E-state index in [1.807, 2.05) is 13.0 Å². The first-order chi connectivity index (χ1) is 9.50. The molecule has 2 rings (SSSR count). The minimum atomic E-state index is -0.338. The molecule has 3 unspecified atom stereocenters. The van der Waals surface area contributed by atoms with Gasteiger partial charge in [0, 0.05) is 30.3 Å². The van der Waals surface area contributed by atoms with Crippen LogP contribution in [0.1, 0.15) is 44.7 Å². The molecule has 0 amide bonds. The van der Waals surface area contributed by atoms with Crippen LogP contribution in [0.2, 0.25) is 0 Å². The molecule has 1 aliphatic heterocycles. The molecule has 0 aliphatic carbocycles. The summed E-state index contributed by atoms with van der Waals surface area (Å²) in [6.07, 6.45) is 3.49. The molecule has 5 heteroatoms. The van der Waals surface area contributed by atoms with Crippen LogP contribution in [0, 0.1) is 10.1 Å². The number of nitro benzene ring substituents is 1. The second kappa shape index (κ2) is 6.33. The van der Waals surface area contributed by atoms with Gasteiger partial charge in [-0.15, -0.1) is 0 Å². The molecule has 1 aliphatic rings. The zero-order valence-corrected chi connectivity index (χ0v) is 12.2. The summed E-state index contributed by atoms with van der Waals surface area (Å²) in [4.78, 5) is 13.0. The zero-order chi connectivity index (χ0) is 14.7. The Morgan fingerprint density at radius 1 is 1.40 bits per heavy atom. The molecule has 1 aromatic rings. The Morgan fingerprint density at radius 3 is 2.80 bits per heavy atom. The van der Waals surface area contributed by atoms with Gasteiger partial charge in [0.2, 0.25) is 0 Å². The van der Waals surface area contributed by atoms with Crippen molar-refractivity contribution in [3.63, 3.8) is 0 Å². The van der Waals surface area contributed by atoms with Crippen molar-refractivity contribution >= 4 is 5.69 Å². The molecule has 0 saturated carbocycles. The smallest absolute Gasteiger partial charge is 0.269 e. The lowest BCUT2D eigenvalue weighted by Crippen LogP contribution is -2.49. The predicted octanol–water partition coefficient (Wildman–Crippen LogP) is 2.86. The van der Waals surface area contributed by atoms with Gasteiger partial charge in [-0.25, -0.2) is 0 Å². The second-order valence-electron chi connectivity index (χ2n) is 5.69. The van der Waals surface area contributed by atoms with Crippen LogP contribution in [0.25, 0.3) is 0 Å². The van der Waals surface area contributed by atoms with Crippen LogP contribution in [0.3, 0.4) is 0 Å². The Bertz CT molecular complexity index is 476. The van der Waals surface area contributed by atoms with Crippen molar-refractivity contribution in [2.45, 2.75) is 51.2 Å². The van der Waals surface area contributed by atoms with Gasteiger partial charge in [-0.05, 0) is 38.8 Å². The average Bonchev–Trinajstić information content (AvgIpc) is 2.46. The van der Waals surface area contributed by atoms with E-state index in [-0.39, 0.29) is 22.7 Å². The van der Waals surface area contributed by atoms with Gasteiger partial charge in [0.25, 0.3) is 5.69 Å². The van der Waals surface area contributed by atoms with Crippen LogP contribution in [0.5, 0.6) is 0 Å². The van der Waals surface area contributed by atoms with Gasteiger partial charge in [-0.1, -0.05) is 18.6 Å². The molecule has 0 spiro atoms. The SMILES string of the molecule is CC(N)C1CCCCN1C(C)c1cccc([N+](=O)[O-])c1. The molecule has 5 nitrogen and oxygen atoms in total. The third kappa shape index (κ3) is 3.16. The molecule has 1 aromatic carbocycles. The number of nitro groups is 1. The fraction of sp³-hybridized carbons (Fsp3) is 0.600. The van der Waals surface area contributed by atoms with Crippen molar-refractivity contribution in [1.82, 2.24) is 4.90 Å². The van der Waals surface area contributed by atoms with Crippen LogP contribution in [-0.2, 0) is 0 Å². The van der Waals surface area contributed by atoms with Crippen molar-refractivity contribution < 1.29 is 4.92 Å². The summed E-state index contributed by atoms with van der Waals surface area (Å²) in [5, 5.41) is 10.9. The summed E-state index contributed by atoms with van der Waals surface area (Å²) >= 11 is 0. The largest absolute Gasteiger partial charge is 0.327 e. The number of rotatable bonds is 4. The molecule has 0 bridgehead atoms. The first-order valence-electron chi connectivity index (χ1n) is 7.26. The highest BCUT2D eigenvalue weighted by molar-refractivity contribution is 5.35. The summed E-state index contributed by atoms with van der Waals surface area (Å²) in [6.45, 7) is 5.17. The summed E-state index contributed by atoms with van der Waals surface area (Å²) in [6, 6.07) is 7.58. The number of non-ortho nitro benzene ring substituents is 1. The monoisotopic (exact) mass is 277 g/mol. The highest BCUT2D eigenvalue weighted by Crippen LogP contribution is 2.30. The van der Waals surface area contributed by atoms with Gasteiger partial charge >= 0.3 is 0 Å².